The number of carbonyl (C=O) groups is 2. The van der Waals surface area contributed by atoms with Gasteiger partial charge in [0.25, 0.3) is 0 Å². The molecule has 0 bridgehead atoms. The van der Waals surface area contributed by atoms with Crippen molar-refractivity contribution >= 4 is 44.1 Å². The van der Waals surface area contributed by atoms with Crippen LogP contribution in [0.3, 0.4) is 0 Å². The van der Waals surface area contributed by atoms with Gasteiger partial charge in [-0.1, -0.05) is 26.8 Å². The van der Waals surface area contributed by atoms with Crippen molar-refractivity contribution in [2.75, 3.05) is 19.2 Å². The van der Waals surface area contributed by atoms with Gasteiger partial charge in [-0.2, -0.15) is 15.7 Å². The van der Waals surface area contributed by atoms with E-state index in [0.29, 0.717) is 0 Å². The lowest BCUT2D eigenvalue weighted by Gasteiger charge is -2.63. The number of phosphoric acid groups is 2. The minimum absolute atomic E-state index is 0.0299. The number of carbonyl (C=O) groups excluding carboxylic acids is 2. The third-order valence-electron chi connectivity index (χ3n) is 9.99. The van der Waals surface area contributed by atoms with Crippen LogP contribution in [-0.4, -0.2) is 69.6 Å². The third kappa shape index (κ3) is 5.79. The molecular weight excluding hydrogens is 649 g/mol. The molecule has 4 aliphatic rings. The van der Waals surface area contributed by atoms with Crippen molar-refractivity contribution in [3.05, 3.63) is 23.8 Å². The van der Waals surface area contributed by atoms with Gasteiger partial charge in [0.05, 0.1) is 6.61 Å². The van der Waals surface area contributed by atoms with Gasteiger partial charge in [0.2, 0.25) is 0 Å². The van der Waals surface area contributed by atoms with Crippen molar-refractivity contribution < 1.29 is 59.8 Å². The molecule has 3 fully saturated rings. The van der Waals surface area contributed by atoms with E-state index in [1.807, 2.05) is 0 Å². The maximum Gasteiger partial charge on any atom is 0.481 e. The Kier molecular flexibility index (Phi) is 10.1. The normalized spacial score (nSPS) is 42.7. The zero-order valence-electron chi connectivity index (χ0n) is 24.9. The van der Waals surface area contributed by atoms with Crippen LogP contribution in [0, 0.1) is 28.6 Å². The first kappa shape index (κ1) is 35.7. The molecule has 0 aliphatic heterocycles. The van der Waals surface area contributed by atoms with Gasteiger partial charge >= 0.3 is 21.6 Å². The van der Waals surface area contributed by atoms with Crippen LogP contribution in [-0.2, 0) is 36.8 Å². The van der Waals surface area contributed by atoms with E-state index in [0.717, 1.165) is 12.2 Å². The summed E-state index contributed by atoms with van der Waals surface area (Å²) in [5, 5.41) is 1.49. The lowest BCUT2D eigenvalue weighted by atomic mass is 9.44. The predicted octanol–water partition coefficient (Wildman–Crippen LogP) is 4.65. The van der Waals surface area contributed by atoms with Crippen LogP contribution in [0.1, 0.15) is 53.4 Å². The van der Waals surface area contributed by atoms with Crippen molar-refractivity contribution in [3.8, 4) is 0 Å². The van der Waals surface area contributed by atoms with E-state index in [4.69, 9.17) is 15.0 Å². The summed E-state index contributed by atoms with van der Waals surface area (Å²) in [7, 11) is -10.8. The van der Waals surface area contributed by atoms with E-state index in [-0.39, 0.29) is 36.3 Å². The zero-order chi connectivity index (χ0) is 32.9. The molecule has 11 atom stereocenters. The molecule has 0 aromatic carbocycles. The van der Waals surface area contributed by atoms with Crippen molar-refractivity contribution in [2.45, 2.75) is 76.9 Å². The van der Waals surface area contributed by atoms with Gasteiger partial charge in [-0.15, -0.1) is 0 Å². The van der Waals surface area contributed by atoms with Crippen LogP contribution in [0.15, 0.2) is 23.8 Å². The Morgan fingerprint density at radius 2 is 1.91 bits per heavy atom. The number of hydrogen-bond donors (Lipinski definition) is 4. The number of allylic oxidation sites excluding steroid dienone is 4. The topological polar surface area (TPSA) is 172 Å². The summed E-state index contributed by atoms with van der Waals surface area (Å²) in [5.74, 6) is -3.64. The number of ether oxygens (including phenoxy) is 1. The second kappa shape index (κ2) is 12.5. The monoisotopic (exact) mass is 689 g/mol. The van der Waals surface area contributed by atoms with Gasteiger partial charge in [0, 0.05) is 35.6 Å². The molecule has 4 rings (SSSR count). The highest BCUT2D eigenvalue weighted by atomic mass is 32.1. The highest BCUT2D eigenvalue weighted by molar-refractivity contribution is 7.97. The molecule has 0 heterocycles. The minimum Gasteiger partial charge on any atom is -0.453 e. The lowest BCUT2D eigenvalue weighted by molar-refractivity contribution is -0.216. The molecule has 0 spiro atoms. The van der Waals surface area contributed by atoms with Crippen molar-refractivity contribution in [2.24, 2.45) is 34.3 Å². The molecule has 0 saturated heterocycles. The number of fused-ring (bicyclic) bond motifs is 5. The van der Waals surface area contributed by atoms with E-state index in [9.17, 15) is 32.9 Å². The first-order valence-electron chi connectivity index (χ1n) is 14.3. The molecule has 3 saturated carbocycles. The Hall–Kier alpha value is -1.15. The first-order chi connectivity index (χ1) is 20.4. The minimum atomic E-state index is -5.61. The smallest absolute Gasteiger partial charge is 0.453 e. The number of halogens is 3. The summed E-state index contributed by atoms with van der Waals surface area (Å²) in [4.78, 5) is 45.7. The first-order valence-corrected chi connectivity index (χ1v) is 18.5. The van der Waals surface area contributed by atoms with Gasteiger partial charge in [-0.05, 0) is 55.2 Å². The number of ketones is 1. The molecule has 0 radical (unpaired) electrons. The maximum absolute atomic E-state index is 18.3. The fourth-order valence-corrected chi connectivity index (χ4v) is 11.3. The SMILES string of the molecule is CCC(=O)O[C@]1(C=[SH]CF)[C@H](C)C[C@H]2[C@@H]3C[C@H](F)C4=CC(=O)C=C[C@]4(C)[C@@]3(F)[C@@H](OP(=O)(O)OP(=O)(O)OCCN)C[C@@]21C. The average Bonchev–Trinajstić information content (AvgIpc) is 3.14. The summed E-state index contributed by atoms with van der Waals surface area (Å²) in [6.45, 7) is 5.61. The van der Waals surface area contributed by atoms with E-state index in [1.54, 1.807) is 20.8 Å². The molecule has 0 aromatic rings. The second-order valence-corrected chi connectivity index (χ2v) is 16.1. The number of nitrogens with two attached hydrogens (primary N) is 1. The summed E-state index contributed by atoms with van der Waals surface area (Å²) in [6.07, 6.45) is -1.10. The number of rotatable bonds is 11. The zero-order valence-corrected chi connectivity index (χ0v) is 27.5. The number of esters is 1. The fourth-order valence-electron chi connectivity index (χ4n) is 8.08. The molecule has 11 nitrogen and oxygen atoms in total. The fraction of sp³-hybridized carbons (Fsp3) is 0.741. The lowest BCUT2D eigenvalue weighted by Crippen LogP contribution is -2.70. The summed E-state index contributed by atoms with van der Waals surface area (Å²) in [5.41, 5.74) is -2.26. The van der Waals surface area contributed by atoms with Crippen molar-refractivity contribution in [1.82, 2.24) is 0 Å². The molecule has 44 heavy (non-hydrogen) atoms. The Labute approximate surface area is 257 Å². The maximum atomic E-state index is 18.3. The van der Waals surface area contributed by atoms with E-state index < -0.39 is 105 Å². The Bertz CT molecular complexity index is 1370. The highest BCUT2D eigenvalue weighted by Crippen LogP contribution is 2.74. The van der Waals surface area contributed by atoms with E-state index in [2.05, 4.69) is 8.83 Å². The van der Waals surface area contributed by atoms with Crippen LogP contribution >= 0.6 is 27.0 Å². The molecule has 4 aliphatic carbocycles. The van der Waals surface area contributed by atoms with Crippen molar-refractivity contribution in [3.63, 3.8) is 0 Å². The van der Waals surface area contributed by atoms with E-state index >= 15 is 8.78 Å². The van der Waals surface area contributed by atoms with Crippen LogP contribution in [0.25, 0.3) is 0 Å². The average molecular weight is 690 g/mol. The Balaban J connectivity index is 1.91. The standard InChI is InChI=1S/C27H40F3NO10P2S/c1-5-23(33)39-26(14-44-15-28)16(2)10-18-19-12-21(29)20-11-17(32)6-7-24(20,3)27(19,30)22(13-25(18,26)4)40-43(36,37)41-42(34,35)38-9-8-31/h6-7,11,14,16,18-19,21-22,44H,5,8-10,12-13,15,31H2,1-4H3,(H,34,35)(H,36,37)/t16-,18+,19+,21+,22+,24+,25+,26-,27+/m1/s1. The molecule has 250 valence electrons. The summed E-state index contributed by atoms with van der Waals surface area (Å²) >= 11 is 0.157. The molecule has 0 aromatic heterocycles. The Morgan fingerprint density at radius 3 is 2.52 bits per heavy atom. The van der Waals surface area contributed by atoms with Crippen LogP contribution in [0.5, 0.6) is 0 Å². The van der Waals surface area contributed by atoms with E-state index in [1.165, 1.54) is 18.4 Å². The van der Waals surface area contributed by atoms with Gasteiger partial charge < -0.3 is 20.3 Å². The predicted molar refractivity (Wildman–Crippen MR) is 158 cm³/mol. The highest BCUT2D eigenvalue weighted by Gasteiger charge is 2.77. The van der Waals surface area contributed by atoms with Crippen LogP contribution < -0.4 is 5.73 Å². The van der Waals surface area contributed by atoms with Gasteiger partial charge in [0.1, 0.15) is 23.9 Å². The molecule has 2 unspecified atom stereocenters. The molecule has 0 amide bonds. The number of phosphoric ester groups is 2. The summed E-state index contributed by atoms with van der Waals surface area (Å²) < 4.78 is 94.0. The number of alkyl halides is 3. The van der Waals surface area contributed by atoms with Gasteiger partial charge in [0.15, 0.2) is 11.5 Å². The van der Waals surface area contributed by atoms with Gasteiger partial charge in [-0.3, -0.25) is 18.6 Å². The second-order valence-electron chi connectivity index (χ2n) is 12.3. The molecular formula is C27H40F3NO10P2S. The third-order valence-corrected chi connectivity index (χ3v) is 13.4. The largest absolute Gasteiger partial charge is 0.481 e. The molecule has 4 N–H and O–H groups in total. The molecule has 17 heteroatoms. The Morgan fingerprint density at radius 1 is 1.23 bits per heavy atom. The number of thiol groups is 1. The van der Waals surface area contributed by atoms with Crippen LogP contribution in [0.2, 0.25) is 0 Å². The summed E-state index contributed by atoms with van der Waals surface area (Å²) in [6, 6.07) is -0.818. The quantitative estimate of drug-likeness (QED) is 0.103. The number of hydrogen-bond acceptors (Lipinski definition) is 9. The van der Waals surface area contributed by atoms with Crippen LogP contribution in [0.4, 0.5) is 13.2 Å². The van der Waals surface area contributed by atoms with Gasteiger partial charge in [-0.25, -0.2) is 22.3 Å². The van der Waals surface area contributed by atoms with Crippen molar-refractivity contribution in [1.29, 1.82) is 0 Å².